The highest BCUT2D eigenvalue weighted by atomic mass is 79.9. The smallest absolute Gasteiger partial charge is 0.258 e. The third kappa shape index (κ3) is 2.42. The molecule has 1 aromatic rings. The lowest BCUT2D eigenvalue weighted by Gasteiger charge is -2.04. The molecule has 3 nitrogen and oxygen atoms in total. The van der Waals surface area contributed by atoms with E-state index >= 15 is 0 Å². The van der Waals surface area contributed by atoms with Gasteiger partial charge in [-0.1, -0.05) is 55.6 Å². The lowest BCUT2D eigenvalue weighted by atomic mass is 10.2. The Bertz CT molecular complexity index is 343. The zero-order valence-corrected chi connectivity index (χ0v) is 10.1. The minimum Gasteiger partial charge on any atom is -0.258 e. The number of alkyl halides is 2. The number of nitro benzene ring substituents is 1. The number of hydrogen-bond donors (Lipinski definition) is 0. The Morgan fingerprint density at radius 3 is 2.54 bits per heavy atom. The summed E-state index contributed by atoms with van der Waals surface area (Å²) in [6.45, 7) is 0. The standard InChI is InChI=1S/C7H4Br2ClNO2/c8-7(9)4-2-1-3-5(6(4)10)11(12)13/h1-3,7H. The van der Waals surface area contributed by atoms with Crippen LogP contribution in [0, 0.1) is 10.1 Å². The summed E-state index contributed by atoms with van der Waals surface area (Å²) in [5, 5.41) is 10.6. The third-order valence-corrected chi connectivity index (χ3v) is 2.84. The normalized spacial score (nSPS) is 10.5. The van der Waals surface area contributed by atoms with E-state index in [1.165, 1.54) is 6.07 Å². The van der Waals surface area contributed by atoms with Crippen molar-refractivity contribution in [3.8, 4) is 0 Å². The Hall–Kier alpha value is -0.130. The van der Waals surface area contributed by atoms with Crippen molar-refractivity contribution < 1.29 is 4.92 Å². The molecule has 0 aliphatic heterocycles. The predicted molar refractivity (Wildman–Crippen MR) is 58.7 cm³/mol. The molecular weight excluding hydrogens is 325 g/mol. The van der Waals surface area contributed by atoms with Crippen molar-refractivity contribution in [1.29, 1.82) is 0 Å². The highest BCUT2D eigenvalue weighted by Crippen LogP contribution is 2.38. The van der Waals surface area contributed by atoms with E-state index in [-0.39, 0.29) is 14.4 Å². The molecule has 0 saturated heterocycles. The second-order valence-corrected chi connectivity index (χ2v) is 5.68. The van der Waals surface area contributed by atoms with Crippen molar-refractivity contribution in [3.05, 3.63) is 38.9 Å². The zero-order valence-electron chi connectivity index (χ0n) is 6.21. The number of hydrogen-bond acceptors (Lipinski definition) is 2. The zero-order chi connectivity index (χ0) is 10.0. The topological polar surface area (TPSA) is 43.1 Å². The van der Waals surface area contributed by atoms with Gasteiger partial charge in [-0.15, -0.1) is 0 Å². The van der Waals surface area contributed by atoms with Crippen LogP contribution in [-0.2, 0) is 0 Å². The molecule has 0 heterocycles. The van der Waals surface area contributed by atoms with Crippen LogP contribution >= 0.6 is 43.5 Å². The first-order valence-corrected chi connectivity index (χ1v) is 5.46. The molecule has 0 atom stereocenters. The summed E-state index contributed by atoms with van der Waals surface area (Å²) in [4.78, 5) is 9.98. The van der Waals surface area contributed by atoms with Crippen molar-refractivity contribution in [1.82, 2.24) is 0 Å². The first-order chi connectivity index (χ1) is 6.04. The summed E-state index contributed by atoms with van der Waals surface area (Å²) in [5.74, 6) is 0. The molecular formula is C7H4Br2ClNO2. The van der Waals surface area contributed by atoms with Crippen molar-refractivity contribution >= 4 is 49.1 Å². The Kier molecular flexibility index (Phi) is 3.70. The second-order valence-electron chi connectivity index (χ2n) is 2.24. The lowest BCUT2D eigenvalue weighted by Crippen LogP contribution is -1.92. The van der Waals surface area contributed by atoms with E-state index in [0.717, 1.165) is 0 Å². The fraction of sp³-hybridized carbons (Fsp3) is 0.143. The van der Waals surface area contributed by atoms with Gasteiger partial charge in [0, 0.05) is 11.6 Å². The maximum atomic E-state index is 10.5. The SMILES string of the molecule is O=[N+]([O-])c1cccc(C(Br)Br)c1Cl. The summed E-state index contributed by atoms with van der Waals surface area (Å²) in [7, 11) is 0. The van der Waals surface area contributed by atoms with Crippen molar-refractivity contribution in [3.63, 3.8) is 0 Å². The first-order valence-electron chi connectivity index (χ1n) is 3.25. The van der Waals surface area contributed by atoms with E-state index in [0.29, 0.717) is 5.56 Å². The molecule has 13 heavy (non-hydrogen) atoms. The van der Waals surface area contributed by atoms with Crippen LogP contribution in [0.4, 0.5) is 5.69 Å². The molecule has 1 aromatic carbocycles. The molecule has 0 aliphatic rings. The van der Waals surface area contributed by atoms with Crippen LogP contribution in [0.3, 0.4) is 0 Å². The lowest BCUT2D eigenvalue weighted by molar-refractivity contribution is -0.384. The highest BCUT2D eigenvalue weighted by Gasteiger charge is 2.17. The molecule has 0 fully saturated rings. The summed E-state index contributed by atoms with van der Waals surface area (Å²) in [6.07, 6.45) is 0. The van der Waals surface area contributed by atoms with Crippen LogP contribution in [-0.4, -0.2) is 4.92 Å². The number of rotatable bonds is 2. The minimum atomic E-state index is -0.506. The van der Waals surface area contributed by atoms with Crippen molar-refractivity contribution in [2.75, 3.05) is 0 Å². The molecule has 0 bridgehead atoms. The van der Waals surface area contributed by atoms with Crippen LogP contribution in [0.25, 0.3) is 0 Å². The molecule has 6 heteroatoms. The number of benzene rings is 1. The molecule has 70 valence electrons. The monoisotopic (exact) mass is 327 g/mol. The maximum Gasteiger partial charge on any atom is 0.288 e. The highest BCUT2D eigenvalue weighted by molar-refractivity contribution is 9.24. The largest absolute Gasteiger partial charge is 0.288 e. The number of halogens is 3. The van der Waals surface area contributed by atoms with E-state index in [4.69, 9.17) is 11.6 Å². The number of nitrogens with zero attached hydrogens (tertiary/aromatic N) is 1. The Morgan fingerprint density at radius 2 is 2.08 bits per heavy atom. The summed E-state index contributed by atoms with van der Waals surface area (Å²) < 4.78 is -0.174. The summed E-state index contributed by atoms with van der Waals surface area (Å²) in [5.41, 5.74) is 0.568. The van der Waals surface area contributed by atoms with Crippen molar-refractivity contribution in [2.24, 2.45) is 0 Å². The molecule has 0 aromatic heterocycles. The third-order valence-electron chi connectivity index (χ3n) is 1.44. The summed E-state index contributed by atoms with van der Waals surface area (Å²) >= 11 is 12.2. The van der Waals surface area contributed by atoms with Gasteiger partial charge in [0.1, 0.15) is 5.02 Å². The fourth-order valence-corrected chi connectivity index (χ4v) is 2.18. The van der Waals surface area contributed by atoms with E-state index in [1.54, 1.807) is 12.1 Å². The van der Waals surface area contributed by atoms with Gasteiger partial charge in [-0.25, -0.2) is 0 Å². The predicted octanol–water partition coefficient (Wildman–Crippen LogP) is 4.04. The quantitative estimate of drug-likeness (QED) is 0.467. The van der Waals surface area contributed by atoms with Gasteiger partial charge in [-0.05, 0) is 0 Å². The molecule has 0 saturated carbocycles. The first kappa shape index (κ1) is 10.9. The van der Waals surface area contributed by atoms with Crippen LogP contribution in [0.5, 0.6) is 0 Å². The molecule has 0 radical (unpaired) electrons. The molecule has 0 N–H and O–H groups in total. The molecule has 0 unspecified atom stereocenters. The van der Waals surface area contributed by atoms with Crippen LogP contribution in [0.15, 0.2) is 18.2 Å². The molecule has 0 aliphatic carbocycles. The minimum absolute atomic E-state index is 0.0805. The van der Waals surface area contributed by atoms with Gasteiger partial charge in [0.05, 0.1) is 8.66 Å². The van der Waals surface area contributed by atoms with Crippen molar-refractivity contribution in [2.45, 2.75) is 3.74 Å². The number of nitro groups is 1. The Balaban J connectivity index is 3.26. The van der Waals surface area contributed by atoms with Crippen LogP contribution < -0.4 is 0 Å². The average Bonchev–Trinajstić information content (AvgIpc) is 2.03. The second kappa shape index (κ2) is 4.39. The van der Waals surface area contributed by atoms with Gasteiger partial charge in [-0.3, -0.25) is 10.1 Å². The van der Waals surface area contributed by atoms with Gasteiger partial charge in [-0.2, -0.15) is 0 Å². The molecule has 1 rings (SSSR count). The molecule has 0 spiro atoms. The van der Waals surface area contributed by atoms with E-state index in [9.17, 15) is 10.1 Å². The van der Waals surface area contributed by atoms with Crippen LogP contribution in [0.2, 0.25) is 5.02 Å². The molecule has 0 amide bonds. The van der Waals surface area contributed by atoms with Gasteiger partial charge < -0.3 is 0 Å². The van der Waals surface area contributed by atoms with Gasteiger partial charge in [0.15, 0.2) is 0 Å². The van der Waals surface area contributed by atoms with Gasteiger partial charge >= 0.3 is 0 Å². The Labute approximate surface area is 96.5 Å². The van der Waals surface area contributed by atoms with E-state index < -0.39 is 4.92 Å². The maximum absolute atomic E-state index is 10.5. The van der Waals surface area contributed by atoms with Crippen LogP contribution in [0.1, 0.15) is 9.30 Å². The Morgan fingerprint density at radius 1 is 1.46 bits per heavy atom. The van der Waals surface area contributed by atoms with Gasteiger partial charge in [0.25, 0.3) is 5.69 Å². The summed E-state index contributed by atoms with van der Waals surface area (Å²) in [6, 6.07) is 4.67. The average molecular weight is 329 g/mol. The van der Waals surface area contributed by atoms with E-state index in [2.05, 4.69) is 31.9 Å². The van der Waals surface area contributed by atoms with E-state index in [1.807, 2.05) is 0 Å². The fourth-order valence-electron chi connectivity index (χ4n) is 0.847. The van der Waals surface area contributed by atoms with Gasteiger partial charge in [0.2, 0.25) is 0 Å².